The second-order valence-corrected chi connectivity index (χ2v) is 5.18. The summed E-state index contributed by atoms with van der Waals surface area (Å²) in [7, 11) is 0. The van der Waals surface area contributed by atoms with Crippen molar-refractivity contribution in [1.82, 2.24) is 4.98 Å². The molecule has 1 aromatic carbocycles. The van der Waals surface area contributed by atoms with Gasteiger partial charge in [0.2, 0.25) is 0 Å². The normalized spacial score (nSPS) is 18.0. The summed E-state index contributed by atoms with van der Waals surface area (Å²) in [5.41, 5.74) is 6.46. The zero-order chi connectivity index (χ0) is 12.5. The first-order valence-corrected chi connectivity index (χ1v) is 6.48. The molecule has 0 saturated heterocycles. The van der Waals surface area contributed by atoms with Crippen LogP contribution in [0.3, 0.4) is 0 Å². The van der Waals surface area contributed by atoms with Gasteiger partial charge in [-0.05, 0) is 43.5 Å². The van der Waals surface area contributed by atoms with Crippen molar-refractivity contribution in [3.63, 3.8) is 0 Å². The van der Waals surface area contributed by atoms with E-state index < -0.39 is 0 Å². The molecular formula is C16H18N2. The molecule has 2 heterocycles. The average molecular weight is 238 g/mol. The van der Waals surface area contributed by atoms with E-state index in [0.29, 0.717) is 5.92 Å². The van der Waals surface area contributed by atoms with Gasteiger partial charge in [-0.1, -0.05) is 23.8 Å². The zero-order valence-corrected chi connectivity index (χ0v) is 10.9. The van der Waals surface area contributed by atoms with Crippen LogP contribution >= 0.6 is 0 Å². The van der Waals surface area contributed by atoms with E-state index in [-0.39, 0.29) is 0 Å². The minimum absolute atomic E-state index is 0.535. The highest BCUT2D eigenvalue weighted by Gasteiger charge is 2.19. The minimum atomic E-state index is 0.535. The molecule has 1 N–H and O–H groups in total. The first-order chi connectivity index (χ1) is 8.72. The van der Waals surface area contributed by atoms with Crippen LogP contribution in [-0.2, 0) is 6.42 Å². The van der Waals surface area contributed by atoms with Crippen molar-refractivity contribution < 1.29 is 0 Å². The number of hydrogen-bond donors (Lipinski definition) is 1. The lowest BCUT2D eigenvalue weighted by Crippen LogP contribution is -2.21. The number of aromatic nitrogens is 1. The lowest BCUT2D eigenvalue weighted by Gasteiger charge is -2.26. The summed E-state index contributed by atoms with van der Waals surface area (Å²) in [5.74, 6) is 0.535. The molecule has 0 saturated carbocycles. The molecule has 18 heavy (non-hydrogen) atoms. The maximum Gasteiger partial charge on any atom is 0.0373 e. The van der Waals surface area contributed by atoms with Gasteiger partial charge in [-0.15, -0.1) is 0 Å². The van der Waals surface area contributed by atoms with Crippen LogP contribution in [-0.4, -0.2) is 11.5 Å². The third-order valence-corrected chi connectivity index (χ3v) is 3.67. The van der Waals surface area contributed by atoms with E-state index in [2.05, 4.69) is 47.6 Å². The Morgan fingerprint density at radius 2 is 2.06 bits per heavy atom. The second-order valence-electron chi connectivity index (χ2n) is 5.18. The molecule has 92 valence electrons. The third kappa shape index (κ3) is 2.10. The summed E-state index contributed by atoms with van der Waals surface area (Å²) in [6.45, 7) is 5.18. The lowest BCUT2D eigenvalue weighted by molar-refractivity contribution is 0.690. The number of rotatable bonds is 1. The summed E-state index contributed by atoms with van der Waals surface area (Å²) in [6.07, 6.45) is 3.12. The molecule has 2 nitrogen and oxygen atoms in total. The maximum absolute atomic E-state index is 4.40. The topological polar surface area (TPSA) is 24.9 Å². The van der Waals surface area contributed by atoms with Gasteiger partial charge in [0.1, 0.15) is 0 Å². The summed E-state index contributed by atoms with van der Waals surface area (Å²) in [4.78, 5) is 4.40. The lowest BCUT2D eigenvalue weighted by atomic mass is 9.88. The first kappa shape index (κ1) is 11.3. The standard InChI is InChI=1S/C16H18N2/c1-11-3-6-16-14(7-11)8-15(10-18-16)13-5-4-12(2)17-9-13/h3-7,9,15,18H,8,10H2,1-2H3. The van der Waals surface area contributed by atoms with E-state index in [9.17, 15) is 0 Å². The molecule has 0 bridgehead atoms. The van der Waals surface area contributed by atoms with Crippen LogP contribution in [0.25, 0.3) is 0 Å². The number of hydrogen-bond acceptors (Lipinski definition) is 2. The minimum Gasteiger partial charge on any atom is -0.384 e. The van der Waals surface area contributed by atoms with E-state index in [1.807, 2.05) is 13.1 Å². The molecule has 0 radical (unpaired) electrons. The van der Waals surface area contributed by atoms with Crippen molar-refractivity contribution in [3.05, 3.63) is 58.9 Å². The fourth-order valence-corrected chi connectivity index (χ4v) is 2.59. The van der Waals surface area contributed by atoms with E-state index in [4.69, 9.17) is 0 Å². The highest BCUT2D eigenvalue weighted by Crippen LogP contribution is 2.30. The maximum atomic E-state index is 4.40. The summed E-state index contributed by atoms with van der Waals surface area (Å²) in [6, 6.07) is 10.9. The van der Waals surface area contributed by atoms with Crippen molar-refractivity contribution >= 4 is 5.69 Å². The van der Waals surface area contributed by atoms with Crippen molar-refractivity contribution in [3.8, 4) is 0 Å². The predicted octanol–water partition coefficient (Wildman–Crippen LogP) is 3.45. The number of nitrogens with zero attached hydrogens (tertiary/aromatic N) is 1. The van der Waals surface area contributed by atoms with Crippen LogP contribution in [0, 0.1) is 13.8 Å². The van der Waals surface area contributed by atoms with Gasteiger partial charge >= 0.3 is 0 Å². The van der Waals surface area contributed by atoms with E-state index in [0.717, 1.165) is 18.7 Å². The SMILES string of the molecule is Cc1ccc2c(c1)CC(c1ccc(C)nc1)CN2. The monoisotopic (exact) mass is 238 g/mol. The average Bonchev–Trinajstić information content (AvgIpc) is 2.38. The van der Waals surface area contributed by atoms with Gasteiger partial charge in [0, 0.05) is 30.0 Å². The fraction of sp³-hybridized carbons (Fsp3) is 0.312. The van der Waals surface area contributed by atoms with Crippen molar-refractivity contribution in [2.45, 2.75) is 26.2 Å². The van der Waals surface area contributed by atoms with Crippen molar-refractivity contribution in [1.29, 1.82) is 0 Å². The zero-order valence-electron chi connectivity index (χ0n) is 10.9. The fourth-order valence-electron chi connectivity index (χ4n) is 2.59. The Morgan fingerprint density at radius 1 is 1.17 bits per heavy atom. The number of pyridine rings is 1. The molecule has 2 aromatic rings. The Kier molecular flexibility index (Phi) is 2.78. The van der Waals surface area contributed by atoms with Gasteiger partial charge in [-0.3, -0.25) is 4.98 Å². The van der Waals surface area contributed by atoms with E-state index in [1.54, 1.807) is 0 Å². The Balaban J connectivity index is 1.88. The molecule has 1 atom stereocenters. The van der Waals surface area contributed by atoms with Gasteiger partial charge < -0.3 is 5.32 Å². The van der Waals surface area contributed by atoms with Gasteiger partial charge in [0.05, 0.1) is 0 Å². The van der Waals surface area contributed by atoms with Crippen LogP contribution in [0.15, 0.2) is 36.5 Å². The predicted molar refractivity (Wildman–Crippen MR) is 75.1 cm³/mol. The highest BCUT2D eigenvalue weighted by atomic mass is 14.9. The Morgan fingerprint density at radius 3 is 2.83 bits per heavy atom. The third-order valence-electron chi connectivity index (χ3n) is 3.67. The van der Waals surface area contributed by atoms with Crippen molar-refractivity contribution in [2.75, 3.05) is 11.9 Å². The van der Waals surface area contributed by atoms with Crippen LogP contribution < -0.4 is 5.32 Å². The molecule has 0 spiro atoms. The quantitative estimate of drug-likeness (QED) is 0.823. The number of aryl methyl sites for hydroxylation is 2. The Hall–Kier alpha value is -1.83. The summed E-state index contributed by atoms with van der Waals surface area (Å²) >= 11 is 0. The van der Waals surface area contributed by atoms with Crippen molar-refractivity contribution in [2.24, 2.45) is 0 Å². The number of nitrogens with one attached hydrogen (secondary N) is 1. The Bertz CT molecular complexity index is 558. The summed E-state index contributed by atoms with van der Waals surface area (Å²) < 4.78 is 0. The molecule has 1 aliphatic rings. The molecule has 2 heteroatoms. The molecular weight excluding hydrogens is 220 g/mol. The second kappa shape index (κ2) is 4.45. The highest BCUT2D eigenvalue weighted by molar-refractivity contribution is 5.55. The van der Waals surface area contributed by atoms with Crippen LogP contribution in [0.2, 0.25) is 0 Å². The summed E-state index contributed by atoms with van der Waals surface area (Å²) in [5, 5.41) is 3.53. The van der Waals surface area contributed by atoms with Crippen LogP contribution in [0.5, 0.6) is 0 Å². The molecule has 1 aromatic heterocycles. The molecule has 0 aliphatic carbocycles. The largest absolute Gasteiger partial charge is 0.384 e. The van der Waals surface area contributed by atoms with Gasteiger partial charge in [0.25, 0.3) is 0 Å². The van der Waals surface area contributed by atoms with E-state index >= 15 is 0 Å². The molecule has 1 unspecified atom stereocenters. The molecule has 0 amide bonds. The van der Waals surface area contributed by atoms with Crippen LogP contribution in [0.4, 0.5) is 5.69 Å². The Labute approximate surface area is 108 Å². The molecule has 1 aliphatic heterocycles. The smallest absolute Gasteiger partial charge is 0.0373 e. The van der Waals surface area contributed by atoms with Gasteiger partial charge in [-0.2, -0.15) is 0 Å². The number of fused-ring (bicyclic) bond motifs is 1. The van der Waals surface area contributed by atoms with Crippen LogP contribution in [0.1, 0.15) is 28.3 Å². The molecule has 0 fully saturated rings. The van der Waals surface area contributed by atoms with Gasteiger partial charge in [0.15, 0.2) is 0 Å². The molecule has 3 rings (SSSR count). The van der Waals surface area contributed by atoms with E-state index in [1.165, 1.54) is 22.4 Å². The number of anilines is 1. The van der Waals surface area contributed by atoms with Gasteiger partial charge in [-0.25, -0.2) is 0 Å². The first-order valence-electron chi connectivity index (χ1n) is 6.48. The number of benzene rings is 1.